The van der Waals surface area contributed by atoms with Gasteiger partial charge < -0.3 is 0 Å². The van der Waals surface area contributed by atoms with Crippen molar-refractivity contribution in [2.75, 3.05) is 13.3 Å². The highest BCUT2D eigenvalue weighted by Gasteiger charge is 2.55. The molecule has 0 aromatic carbocycles. The lowest BCUT2D eigenvalue weighted by atomic mass is 9.58. The average Bonchev–Trinajstić information content (AvgIpc) is 2.48. The molecule has 1 aliphatic rings. The van der Waals surface area contributed by atoms with Gasteiger partial charge in [-0.05, 0) is 49.1 Å². The Hall–Kier alpha value is 1.44. The van der Waals surface area contributed by atoms with Gasteiger partial charge >= 0.3 is 0 Å². The van der Waals surface area contributed by atoms with Crippen molar-refractivity contribution < 1.29 is 0 Å². The van der Waals surface area contributed by atoms with Crippen molar-refractivity contribution in [1.29, 1.82) is 0 Å². The molecule has 0 radical (unpaired) electrons. The van der Waals surface area contributed by atoms with E-state index in [0.717, 1.165) is 35.4 Å². The van der Waals surface area contributed by atoms with Gasteiger partial charge in [-0.15, -0.1) is 40.4 Å². The Morgan fingerprint density at radius 2 is 1.65 bits per heavy atom. The SMILES string of the molecule is CCC(C)C1(C(C)CC)CC(PC)C(Cl)C(Cl)(PC)C1. The Morgan fingerprint density at radius 3 is 2.00 bits per heavy atom. The number of alkyl halides is 2. The van der Waals surface area contributed by atoms with E-state index in [1.54, 1.807) is 0 Å². The molecule has 1 fully saturated rings. The van der Waals surface area contributed by atoms with Crippen LogP contribution in [0.1, 0.15) is 53.4 Å². The minimum Gasteiger partial charge on any atom is -0.121 e. The lowest BCUT2D eigenvalue weighted by molar-refractivity contribution is 0.0364. The highest BCUT2D eigenvalue weighted by molar-refractivity contribution is 7.42. The van der Waals surface area contributed by atoms with E-state index in [1.165, 1.54) is 19.3 Å². The van der Waals surface area contributed by atoms with Gasteiger partial charge in [0.2, 0.25) is 0 Å². The molecule has 0 aliphatic heterocycles. The van der Waals surface area contributed by atoms with Crippen molar-refractivity contribution in [3.63, 3.8) is 0 Å². The van der Waals surface area contributed by atoms with E-state index in [0.29, 0.717) is 11.1 Å². The first-order valence-electron chi connectivity index (χ1n) is 8.00. The van der Waals surface area contributed by atoms with Crippen molar-refractivity contribution in [3.05, 3.63) is 0 Å². The quantitative estimate of drug-likeness (QED) is 0.382. The molecule has 1 saturated carbocycles. The fourth-order valence-electron chi connectivity index (χ4n) is 4.00. The van der Waals surface area contributed by atoms with Crippen LogP contribution in [0.5, 0.6) is 0 Å². The number of rotatable bonds is 6. The fraction of sp³-hybridized carbons (Fsp3) is 1.00. The second kappa shape index (κ2) is 7.81. The Kier molecular flexibility index (Phi) is 7.61. The second-order valence-electron chi connectivity index (χ2n) is 6.64. The third kappa shape index (κ3) is 3.50. The van der Waals surface area contributed by atoms with E-state index in [9.17, 15) is 0 Å². The lowest BCUT2D eigenvalue weighted by Crippen LogP contribution is -2.53. The molecule has 1 aliphatic carbocycles. The van der Waals surface area contributed by atoms with E-state index in [4.69, 9.17) is 23.2 Å². The molecule has 4 heteroatoms. The van der Waals surface area contributed by atoms with Crippen LogP contribution in [0.3, 0.4) is 0 Å². The average molecular weight is 357 g/mol. The summed E-state index contributed by atoms with van der Waals surface area (Å²) in [4.78, 5) is 0. The summed E-state index contributed by atoms with van der Waals surface area (Å²) in [7, 11) is 1.62. The molecule has 0 aromatic rings. The van der Waals surface area contributed by atoms with Gasteiger partial charge in [0.1, 0.15) is 0 Å². The van der Waals surface area contributed by atoms with Gasteiger partial charge in [0.05, 0.1) is 9.99 Å². The van der Waals surface area contributed by atoms with Crippen LogP contribution < -0.4 is 0 Å². The summed E-state index contributed by atoms with van der Waals surface area (Å²) in [5.41, 5.74) is 0.978. The zero-order chi connectivity index (χ0) is 15.6. The Bertz CT molecular complexity index is 301. The first-order chi connectivity index (χ1) is 9.31. The molecule has 0 amide bonds. The molecular weight excluding hydrogens is 325 g/mol. The summed E-state index contributed by atoms with van der Waals surface area (Å²) >= 11 is 13.8. The largest absolute Gasteiger partial charge is 0.121 e. The number of halogens is 2. The maximum atomic E-state index is 7.05. The van der Waals surface area contributed by atoms with Crippen LogP contribution >= 0.6 is 40.4 Å². The molecule has 0 bridgehead atoms. The van der Waals surface area contributed by atoms with Gasteiger partial charge in [-0.1, -0.05) is 40.5 Å². The van der Waals surface area contributed by atoms with Crippen molar-refractivity contribution in [1.82, 2.24) is 0 Å². The van der Waals surface area contributed by atoms with E-state index in [2.05, 4.69) is 41.0 Å². The van der Waals surface area contributed by atoms with Gasteiger partial charge in [-0.2, -0.15) is 0 Å². The summed E-state index contributed by atoms with van der Waals surface area (Å²) in [6, 6.07) is 0. The monoisotopic (exact) mass is 356 g/mol. The van der Waals surface area contributed by atoms with E-state index >= 15 is 0 Å². The molecule has 1 rings (SSSR count). The number of hydrogen-bond donors (Lipinski definition) is 0. The summed E-state index contributed by atoms with van der Waals surface area (Å²) in [6.07, 6.45) is 4.88. The van der Waals surface area contributed by atoms with Crippen LogP contribution in [0.25, 0.3) is 0 Å². The molecule has 0 aromatic heterocycles. The van der Waals surface area contributed by atoms with Gasteiger partial charge in [0, 0.05) is 0 Å². The molecule has 0 spiro atoms. The van der Waals surface area contributed by atoms with Gasteiger partial charge in [-0.3, -0.25) is 0 Å². The van der Waals surface area contributed by atoms with Gasteiger partial charge in [-0.25, -0.2) is 0 Å². The predicted molar refractivity (Wildman–Crippen MR) is 101 cm³/mol. The lowest BCUT2D eigenvalue weighted by Gasteiger charge is -2.56. The van der Waals surface area contributed by atoms with Crippen LogP contribution in [0, 0.1) is 17.3 Å². The van der Waals surface area contributed by atoms with Gasteiger partial charge in [0.25, 0.3) is 0 Å². The summed E-state index contributed by atoms with van der Waals surface area (Å²) < 4.78 is -0.180. The molecule has 7 unspecified atom stereocenters. The van der Waals surface area contributed by atoms with Crippen LogP contribution in [0.2, 0.25) is 0 Å². The highest BCUT2D eigenvalue weighted by atomic mass is 35.5. The number of hydrogen-bond acceptors (Lipinski definition) is 0. The molecule has 7 atom stereocenters. The molecule has 120 valence electrons. The summed E-state index contributed by atoms with van der Waals surface area (Å²) in [6.45, 7) is 14.1. The molecule has 0 saturated heterocycles. The maximum absolute atomic E-state index is 7.05. The topological polar surface area (TPSA) is 0 Å². The smallest absolute Gasteiger partial charge is 0.0783 e. The molecular formula is C16H32Cl2P2. The van der Waals surface area contributed by atoms with Crippen LogP contribution in [0.4, 0.5) is 0 Å². The van der Waals surface area contributed by atoms with E-state index < -0.39 is 0 Å². The van der Waals surface area contributed by atoms with E-state index in [-0.39, 0.29) is 9.99 Å². The van der Waals surface area contributed by atoms with Crippen molar-refractivity contribution in [2.45, 2.75) is 69.0 Å². The van der Waals surface area contributed by atoms with Gasteiger partial charge in [0.15, 0.2) is 0 Å². The fourth-order valence-corrected chi connectivity index (χ4v) is 7.69. The van der Waals surface area contributed by atoms with Crippen molar-refractivity contribution in [2.24, 2.45) is 17.3 Å². The van der Waals surface area contributed by atoms with Crippen LogP contribution in [-0.4, -0.2) is 29.0 Å². The Balaban J connectivity index is 3.23. The second-order valence-corrected chi connectivity index (χ2v) is 10.8. The molecule has 0 heterocycles. The zero-order valence-electron chi connectivity index (χ0n) is 13.9. The summed E-state index contributed by atoms with van der Waals surface area (Å²) in [5.74, 6) is 1.46. The standard InChI is InChI=1S/C16H32Cl2P2/c1-7-11(3)15(12(4)8-2)9-13(19-5)14(17)16(18,10-15)20-6/h11-14,19-20H,7-10H2,1-6H3. The van der Waals surface area contributed by atoms with Crippen molar-refractivity contribution >= 4 is 40.4 Å². The molecule has 0 nitrogen and oxygen atoms in total. The maximum Gasteiger partial charge on any atom is 0.0783 e. The first-order valence-corrected chi connectivity index (χ1v) is 11.9. The van der Waals surface area contributed by atoms with Crippen LogP contribution in [0.15, 0.2) is 0 Å². The van der Waals surface area contributed by atoms with Crippen LogP contribution in [-0.2, 0) is 0 Å². The third-order valence-electron chi connectivity index (χ3n) is 5.95. The molecule has 20 heavy (non-hydrogen) atoms. The predicted octanol–water partition coefficient (Wildman–Crippen LogP) is 6.39. The first kappa shape index (κ1) is 19.5. The third-order valence-corrected chi connectivity index (χ3v) is 10.7. The normalized spacial score (nSPS) is 42.6. The minimum atomic E-state index is -0.180. The van der Waals surface area contributed by atoms with E-state index in [1.807, 2.05) is 0 Å². The zero-order valence-corrected chi connectivity index (χ0v) is 17.4. The Labute approximate surface area is 140 Å². The molecule has 0 N–H and O–H groups in total. The van der Waals surface area contributed by atoms with Crippen molar-refractivity contribution in [3.8, 4) is 0 Å². The Morgan fingerprint density at radius 1 is 1.15 bits per heavy atom. The highest BCUT2D eigenvalue weighted by Crippen LogP contribution is 2.62. The summed E-state index contributed by atoms with van der Waals surface area (Å²) in [5, 5.41) is 0.150. The minimum absolute atomic E-state index is 0.150.